The summed E-state index contributed by atoms with van der Waals surface area (Å²) in [7, 11) is 4.82. The maximum Gasteiger partial charge on any atom is 0.226 e. The van der Waals surface area contributed by atoms with Gasteiger partial charge in [0.1, 0.15) is 24.2 Å². The van der Waals surface area contributed by atoms with Crippen molar-refractivity contribution in [3.05, 3.63) is 94.8 Å². The molecule has 1 N–H and O–H groups in total. The number of fused-ring (bicyclic) bond motifs is 3. The lowest BCUT2D eigenvalue weighted by atomic mass is 9.84. The van der Waals surface area contributed by atoms with Crippen molar-refractivity contribution in [1.29, 1.82) is 0 Å². The minimum atomic E-state index is -0.459. The molecule has 0 amide bonds. The van der Waals surface area contributed by atoms with Gasteiger partial charge in [-0.2, -0.15) is 10.1 Å². The molecule has 2 aliphatic rings. The van der Waals surface area contributed by atoms with E-state index in [4.69, 9.17) is 18.9 Å². The summed E-state index contributed by atoms with van der Waals surface area (Å²) < 4.78 is 25.6. The smallest absolute Gasteiger partial charge is 0.226 e. The third kappa shape index (κ3) is 3.37. The van der Waals surface area contributed by atoms with Crippen LogP contribution in [0.1, 0.15) is 34.4 Å². The molecule has 2 atom stereocenters. The Bertz CT molecular complexity index is 1450. The zero-order valence-electron chi connectivity index (χ0n) is 20.5. The monoisotopic (exact) mass is 482 g/mol. The Morgan fingerprint density at radius 3 is 2.33 bits per heavy atom. The Morgan fingerprint density at radius 1 is 0.889 bits per heavy atom. The van der Waals surface area contributed by atoms with Crippen LogP contribution in [-0.2, 0) is 0 Å². The summed E-state index contributed by atoms with van der Waals surface area (Å²) >= 11 is 0. The Labute approximate surface area is 209 Å². The highest BCUT2D eigenvalue weighted by Crippen LogP contribution is 2.52. The van der Waals surface area contributed by atoms with E-state index in [1.807, 2.05) is 41.1 Å². The van der Waals surface area contributed by atoms with Crippen LogP contribution in [-0.4, -0.2) is 36.1 Å². The van der Waals surface area contributed by atoms with E-state index in [9.17, 15) is 0 Å². The molecule has 0 spiro atoms. The summed E-state index contributed by atoms with van der Waals surface area (Å²) in [6.07, 6.45) is 1.11. The molecular formula is C28H26N4O4. The molecule has 8 heteroatoms. The number of methoxy groups -OCH3 is 3. The topological polar surface area (TPSA) is 79.7 Å². The van der Waals surface area contributed by atoms with Crippen LogP contribution >= 0.6 is 0 Å². The molecule has 1 aromatic heterocycles. The van der Waals surface area contributed by atoms with Gasteiger partial charge in [-0.25, -0.2) is 4.68 Å². The quantitative estimate of drug-likeness (QED) is 0.420. The lowest BCUT2D eigenvalue weighted by molar-refractivity contribution is 0.221. The average molecular weight is 483 g/mol. The number of anilines is 1. The number of nitrogens with zero attached hydrogens (tertiary/aromatic N) is 3. The van der Waals surface area contributed by atoms with Crippen molar-refractivity contribution in [2.45, 2.75) is 19.1 Å². The largest absolute Gasteiger partial charge is 0.493 e. The van der Waals surface area contributed by atoms with Gasteiger partial charge in [0.05, 0.1) is 27.0 Å². The molecule has 0 unspecified atom stereocenters. The predicted molar refractivity (Wildman–Crippen MR) is 136 cm³/mol. The Hall–Kier alpha value is -4.46. The van der Waals surface area contributed by atoms with Crippen molar-refractivity contribution in [2.75, 3.05) is 26.6 Å². The van der Waals surface area contributed by atoms with Crippen LogP contribution < -0.4 is 24.3 Å². The highest BCUT2D eigenvalue weighted by Gasteiger charge is 2.41. The van der Waals surface area contributed by atoms with Crippen LogP contribution in [0.3, 0.4) is 0 Å². The van der Waals surface area contributed by atoms with E-state index in [0.717, 1.165) is 39.3 Å². The standard InChI is InChI=1S/C28H26N4O4/c1-16-10-11-20-19(12-16)24-23(25(17-8-6-5-7-9-17)32-28(31-24)29-15-30-32)26(36-20)18-13-21(33-2)27(35-4)22(14-18)34-3/h5-15,25-26H,1-4H3,(H,29,30,31)/t25-,26+/m0/s1. The number of aryl methyl sites for hydroxylation is 1. The molecule has 6 rings (SSSR count). The van der Waals surface area contributed by atoms with Gasteiger partial charge < -0.3 is 24.3 Å². The molecule has 0 saturated heterocycles. The third-order valence-electron chi connectivity index (χ3n) is 6.67. The van der Waals surface area contributed by atoms with Gasteiger partial charge in [0.15, 0.2) is 11.5 Å². The normalized spacial score (nSPS) is 17.8. The highest BCUT2D eigenvalue weighted by molar-refractivity contribution is 5.85. The molecule has 0 fully saturated rings. The van der Waals surface area contributed by atoms with Crippen LogP contribution in [0.25, 0.3) is 5.70 Å². The van der Waals surface area contributed by atoms with Gasteiger partial charge in [-0.05, 0) is 36.8 Å². The zero-order valence-corrected chi connectivity index (χ0v) is 20.5. The first-order valence-corrected chi connectivity index (χ1v) is 11.7. The molecule has 0 bridgehead atoms. The van der Waals surface area contributed by atoms with Crippen LogP contribution in [0.15, 0.2) is 72.6 Å². The summed E-state index contributed by atoms with van der Waals surface area (Å²) in [6, 6.07) is 20.1. The molecular weight excluding hydrogens is 456 g/mol. The first kappa shape index (κ1) is 22.0. The van der Waals surface area contributed by atoms with Gasteiger partial charge in [-0.3, -0.25) is 0 Å². The Balaban J connectivity index is 1.63. The minimum Gasteiger partial charge on any atom is -0.493 e. The fraction of sp³-hybridized carbons (Fsp3) is 0.214. The summed E-state index contributed by atoms with van der Waals surface area (Å²) in [6.45, 7) is 2.08. The Kier molecular flexibility index (Phi) is 5.29. The summed E-state index contributed by atoms with van der Waals surface area (Å²) in [5.74, 6) is 3.12. The fourth-order valence-corrected chi connectivity index (χ4v) is 5.07. The molecule has 182 valence electrons. The van der Waals surface area contributed by atoms with E-state index in [-0.39, 0.29) is 6.04 Å². The van der Waals surface area contributed by atoms with Crippen molar-refractivity contribution in [2.24, 2.45) is 0 Å². The van der Waals surface area contributed by atoms with Gasteiger partial charge in [0, 0.05) is 16.7 Å². The van der Waals surface area contributed by atoms with Gasteiger partial charge in [-0.15, -0.1) is 0 Å². The van der Waals surface area contributed by atoms with Crippen LogP contribution in [0.2, 0.25) is 0 Å². The zero-order chi connectivity index (χ0) is 24.8. The maximum absolute atomic E-state index is 6.75. The van der Waals surface area contributed by atoms with Crippen molar-refractivity contribution in [3.63, 3.8) is 0 Å². The molecule has 0 aliphatic carbocycles. The average Bonchev–Trinajstić information content (AvgIpc) is 3.39. The van der Waals surface area contributed by atoms with E-state index in [1.54, 1.807) is 27.7 Å². The number of hydrogen-bond acceptors (Lipinski definition) is 7. The SMILES string of the molecule is COc1cc([C@H]2Oc3ccc(C)cc3C3=C2[C@H](c2ccccc2)n2ncnc2N3)cc(OC)c1OC. The van der Waals surface area contributed by atoms with E-state index in [0.29, 0.717) is 23.2 Å². The van der Waals surface area contributed by atoms with Gasteiger partial charge >= 0.3 is 0 Å². The summed E-state index contributed by atoms with van der Waals surface area (Å²) in [5, 5.41) is 8.13. The molecule has 3 aromatic carbocycles. The number of hydrogen-bond donors (Lipinski definition) is 1. The molecule has 3 heterocycles. The first-order valence-electron chi connectivity index (χ1n) is 11.7. The third-order valence-corrected chi connectivity index (χ3v) is 6.67. The number of ether oxygens (including phenoxy) is 4. The van der Waals surface area contributed by atoms with E-state index in [1.165, 1.54) is 0 Å². The van der Waals surface area contributed by atoms with Crippen molar-refractivity contribution < 1.29 is 18.9 Å². The molecule has 0 saturated carbocycles. The van der Waals surface area contributed by atoms with Crippen LogP contribution in [0, 0.1) is 6.92 Å². The number of nitrogens with one attached hydrogen (secondary N) is 1. The predicted octanol–water partition coefficient (Wildman–Crippen LogP) is 5.17. The lowest BCUT2D eigenvalue weighted by Gasteiger charge is -2.39. The summed E-state index contributed by atoms with van der Waals surface area (Å²) in [5.41, 5.74) is 6.06. The molecule has 0 radical (unpaired) electrons. The highest BCUT2D eigenvalue weighted by atomic mass is 16.5. The number of benzene rings is 3. The van der Waals surface area contributed by atoms with Gasteiger partial charge in [0.25, 0.3) is 0 Å². The second-order valence-electron chi connectivity index (χ2n) is 8.75. The van der Waals surface area contributed by atoms with Crippen LogP contribution in [0.5, 0.6) is 23.0 Å². The van der Waals surface area contributed by atoms with Crippen LogP contribution in [0.4, 0.5) is 5.95 Å². The fourth-order valence-electron chi connectivity index (χ4n) is 5.07. The van der Waals surface area contributed by atoms with E-state index < -0.39 is 6.10 Å². The molecule has 8 nitrogen and oxygen atoms in total. The molecule has 36 heavy (non-hydrogen) atoms. The number of rotatable bonds is 5. The van der Waals surface area contributed by atoms with Gasteiger partial charge in [0.2, 0.25) is 11.7 Å². The van der Waals surface area contributed by atoms with Crippen molar-refractivity contribution in [1.82, 2.24) is 14.8 Å². The van der Waals surface area contributed by atoms with E-state index in [2.05, 4.69) is 46.6 Å². The summed E-state index contributed by atoms with van der Waals surface area (Å²) in [4.78, 5) is 4.50. The Morgan fingerprint density at radius 2 is 1.64 bits per heavy atom. The number of aromatic nitrogens is 3. The maximum atomic E-state index is 6.75. The van der Waals surface area contributed by atoms with Crippen molar-refractivity contribution in [3.8, 4) is 23.0 Å². The second-order valence-corrected chi connectivity index (χ2v) is 8.75. The lowest BCUT2D eigenvalue weighted by Crippen LogP contribution is -2.32. The minimum absolute atomic E-state index is 0.238. The first-order chi connectivity index (χ1) is 17.6. The van der Waals surface area contributed by atoms with Crippen molar-refractivity contribution >= 4 is 11.6 Å². The molecule has 2 aliphatic heterocycles. The molecule has 4 aromatic rings. The van der Waals surface area contributed by atoms with E-state index >= 15 is 0 Å². The van der Waals surface area contributed by atoms with Gasteiger partial charge in [-0.1, -0.05) is 42.0 Å². The second kappa shape index (κ2) is 8.64.